The molecule has 0 saturated heterocycles. The van der Waals surface area contributed by atoms with Gasteiger partial charge in [0.1, 0.15) is 0 Å². The van der Waals surface area contributed by atoms with Crippen LogP contribution in [0.3, 0.4) is 0 Å². The molecule has 0 aromatic heterocycles. The van der Waals surface area contributed by atoms with Crippen LogP contribution in [0.5, 0.6) is 0 Å². The highest BCUT2D eigenvalue weighted by Crippen LogP contribution is 2.34. The van der Waals surface area contributed by atoms with Crippen molar-refractivity contribution in [3.05, 3.63) is 0 Å². The van der Waals surface area contributed by atoms with Crippen molar-refractivity contribution in [3.8, 4) is 0 Å². The van der Waals surface area contributed by atoms with Gasteiger partial charge in [-0.2, -0.15) is 0 Å². The van der Waals surface area contributed by atoms with Gasteiger partial charge >= 0.3 is 0 Å². The van der Waals surface area contributed by atoms with E-state index in [0.717, 1.165) is 19.3 Å². The average Bonchev–Trinajstić information content (AvgIpc) is 2.24. The van der Waals surface area contributed by atoms with E-state index in [4.69, 9.17) is 0 Å². The minimum Gasteiger partial charge on any atom is -0.316 e. The third-order valence-electron chi connectivity index (χ3n) is 4.15. The van der Waals surface area contributed by atoms with Gasteiger partial charge < -0.3 is 5.32 Å². The van der Waals surface area contributed by atoms with Gasteiger partial charge in [-0.15, -0.1) is 0 Å². The summed E-state index contributed by atoms with van der Waals surface area (Å²) in [6.45, 7) is 8.48. The van der Waals surface area contributed by atoms with Crippen molar-refractivity contribution >= 4 is 9.84 Å². The summed E-state index contributed by atoms with van der Waals surface area (Å²) in [6, 6.07) is 0.126. The fraction of sp³-hybridized carbons (Fsp3) is 1.00. The Morgan fingerprint density at radius 2 is 1.83 bits per heavy atom. The number of hydrogen-bond acceptors (Lipinski definition) is 3. The number of hydrogen-bond donors (Lipinski definition) is 1. The lowest BCUT2D eigenvalue weighted by atomic mass is 9.80. The SMILES string of the molecule is CNC1CC(C)CC(C)C1S(=O)(=O)CCC(C)C. The highest BCUT2D eigenvalue weighted by molar-refractivity contribution is 7.92. The van der Waals surface area contributed by atoms with Crippen LogP contribution in [0.1, 0.15) is 47.0 Å². The van der Waals surface area contributed by atoms with Crippen LogP contribution in [-0.4, -0.2) is 32.5 Å². The second-order valence-corrected chi connectivity index (χ2v) is 8.74. The third-order valence-corrected chi connectivity index (χ3v) is 6.58. The summed E-state index contributed by atoms with van der Waals surface area (Å²) >= 11 is 0. The monoisotopic (exact) mass is 275 g/mol. The molecule has 1 aliphatic rings. The van der Waals surface area contributed by atoms with Gasteiger partial charge in [0.15, 0.2) is 9.84 Å². The quantitative estimate of drug-likeness (QED) is 0.838. The molecule has 0 aliphatic heterocycles. The normalized spacial score (nSPS) is 33.9. The van der Waals surface area contributed by atoms with Crippen molar-refractivity contribution in [2.45, 2.75) is 58.2 Å². The molecule has 1 fully saturated rings. The average molecular weight is 275 g/mol. The molecule has 1 N–H and O–H groups in total. The number of nitrogens with one attached hydrogen (secondary N) is 1. The predicted octanol–water partition coefficient (Wildman–Crippen LogP) is 2.47. The molecule has 0 amide bonds. The first-order valence-electron chi connectivity index (χ1n) is 7.16. The number of rotatable bonds is 5. The molecule has 4 heteroatoms. The molecule has 18 heavy (non-hydrogen) atoms. The Balaban J connectivity index is 2.83. The van der Waals surface area contributed by atoms with Crippen molar-refractivity contribution in [1.29, 1.82) is 0 Å². The van der Waals surface area contributed by atoms with Gasteiger partial charge in [-0.1, -0.05) is 27.7 Å². The summed E-state index contributed by atoms with van der Waals surface area (Å²) in [5, 5.41) is 3.03. The summed E-state index contributed by atoms with van der Waals surface area (Å²) in [5.41, 5.74) is 0. The van der Waals surface area contributed by atoms with Crippen molar-refractivity contribution in [1.82, 2.24) is 5.32 Å². The molecule has 0 spiro atoms. The molecule has 1 saturated carbocycles. The molecule has 0 heterocycles. The molecule has 108 valence electrons. The second-order valence-electron chi connectivity index (χ2n) is 6.46. The highest BCUT2D eigenvalue weighted by Gasteiger charge is 2.41. The van der Waals surface area contributed by atoms with Crippen LogP contribution in [0.4, 0.5) is 0 Å². The van der Waals surface area contributed by atoms with Crippen LogP contribution in [0.2, 0.25) is 0 Å². The van der Waals surface area contributed by atoms with Crippen LogP contribution in [0, 0.1) is 17.8 Å². The predicted molar refractivity (Wildman–Crippen MR) is 77.4 cm³/mol. The van der Waals surface area contributed by atoms with Crippen LogP contribution in [0.25, 0.3) is 0 Å². The van der Waals surface area contributed by atoms with E-state index in [9.17, 15) is 8.42 Å². The Kier molecular flexibility index (Phi) is 5.66. The first kappa shape index (κ1) is 16.0. The maximum absolute atomic E-state index is 12.5. The van der Waals surface area contributed by atoms with E-state index in [0.29, 0.717) is 17.6 Å². The molecule has 3 nitrogen and oxygen atoms in total. The molecule has 0 bridgehead atoms. The minimum atomic E-state index is -2.97. The lowest BCUT2D eigenvalue weighted by Crippen LogP contribution is -2.51. The Morgan fingerprint density at radius 3 is 2.33 bits per heavy atom. The van der Waals surface area contributed by atoms with E-state index in [1.807, 2.05) is 7.05 Å². The van der Waals surface area contributed by atoms with Gasteiger partial charge in [-0.3, -0.25) is 0 Å². The molecule has 0 aromatic carbocycles. The van der Waals surface area contributed by atoms with E-state index in [-0.39, 0.29) is 17.2 Å². The van der Waals surface area contributed by atoms with Gasteiger partial charge in [-0.25, -0.2) is 8.42 Å². The summed E-state index contributed by atoms with van der Waals surface area (Å²) in [4.78, 5) is 0. The van der Waals surface area contributed by atoms with Crippen molar-refractivity contribution in [3.63, 3.8) is 0 Å². The van der Waals surface area contributed by atoms with E-state index in [2.05, 4.69) is 33.0 Å². The third kappa shape index (κ3) is 3.95. The van der Waals surface area contributed by atoms with Crippen LogP contribution in [0.15, 0.2) is 0 Å². The van der Waals surface area contributed by atoms with Gasteiger partial charge in [0.2, 0.25) is 0 Å². The van der Waals surface area contributed by atoms with Crippen LogP contribution >= 0.6 is 0 Å². The standard InChI is InChI=1S/C14H29NO2S/c1-10(2)6-7-18(16,17)14-12(4)8-11(3)9-13(14)15-5/h10-15H,6-9H2,1-5H3. The molecule has 0 radical (unpaired) electrons. The second kappa shape index (κ2) is 6.38. The fourth-order valence-corrected chi connectivity index (χ4v) is 5.89. The summed E-state index contributed by atoms with van der Waals surface area (Å²) < 4.78 is 25.1. The van der Waals surface area contributed by atoms with Crippen molar-refractivity contribution in [2.75, 3.05) is 12.8 Å². The molecule has 0 aromatic rings. The van der Waals surface area contributed by atoms with Gasteiger partial charge in [0.05, 0.1) is 11.0 Å². The van der Waals surface area contributed by atoms with Crippen molar-refractivity contribution < 1.29 is 8.42 Å². The topological polar surface area (TPSA) is 46.2 Å². The Hall–Kier alpha value is -0.0900. The van der Waals surface area contributed by atoms with Crippen LogP contribution < -0.4 is 5.32 Å². The van der Waals surface area contributed by atoms with Crippen molar-refractivity contribution in [2.24, 2.45) is 17.8 Å². The summed E-state index contributed by atoms with van der Waals surface area (Å²) in [6.07, 6.45) is 2.79. The molecular formula is C14H29NO2S. The van der Waals surface area contributed by atoms with E-state index in [1.165, 1.54) is 0 Å². The maximum Gasteiger partial charge on any atom is 0.154 e. The Morgan fingerprint density at radius 1 is 1.22 bits per heavy atom. The molecule has 1 aliphatic carbocycles. The van der Waals surface area contributed by atoms with Gasteiger partial charge in [0.25, 0.3) is 0 Å². The smallest absolute Gasteiger partial charge is 0.154 e. The Bertz CT molecular complexity index is 351. The van der Waals surface area contributed by atoms with Gasteiger partial charge in [-0.05, 0) is 44.1 Å². The summed E-state index contributed by atoms with van der Waals surface area (Å²) in [7, 11) is -1.09. The molecule has 4 unspecified atom stereocenters. The zero-order chi connectivity index (χ0) is 13.9. The molecule has 1 rings (SSSR count). The zero-order valence-electron chi connectivity index (χ0n) is 12.4. The fourth-order valence-electron chi connectivity index (χ4n) is 3.25. The lowest BCUT2D eigenvalue weighted by molar-refractivity contribution is 0.249. The Labute approximate surface area is 113 Å². The van der Waals surface area contributed by atoms with Crippen LogP contribution in [-0.2, 0) is 9.84 Å². The molecule has 4 atom stereocenters. The van der Waals surface area contributed by atoms with E-state index in [1.54, 1.807) is 0 Å². The summed E-state index contributed by atoms with van der Waals surface area (Å²) in [5.74, 6) is 1.68. The first-order chi connectivity index (χ1) is 8.27. The van der Waals surface area contributed by atoms with E-state index < -0.39 is 9.84 Å². The van der Waals surface area contributed by atoms with Gasteiger partial charge in [0, 0.05) is 6.04 Å². The highest BCUT2D eigenvalue weighted by atomic mass is 32.2. The first-order valence-corrected chi connectivity index (χ1v) is 8.88. The largest absolute Gasteiger partial charge is 0.316 e. The number of sulfone groups is 1. The zero-order valence-corrected chi connectivity index (χ0v) is 13.3. The lowest BCUT2D eigenvalue weighted by Gasteiger charge is -2.39. The minimum absolute atomic E-state index is 0.126. The van der Waals surface area contributed by atoms with E-state index >= 15 is 0 Å². The molecular weight excluding hydrogens is 246 g/mol. The maximum atomic E-state index is 12.5.